The third kappa shape index (κ3) is 6.36. The normalized spacial score (nSPS) is 14.5. The molecule has 1 aliphatic heterocycles. The lowest BCUT2D eigenvalue weighted by Crippen LogP contribution is -2.42. The molecule has 9 heteroatoms. The van der Waals surface area contributed by atoms with E-state index in [4.69, 9.17) is 14.2 Å². The zero-order chi connectivity index (χ0) is 22.2. The highest BCUT2D eigenvalue weighted by Crippen LogP contribution is 2.30. The van der Waals surface area contributed by atoms with Crippen LogP contribution in [-0.2, 0) is 9.53 Å². The molecule has 0 bridgehead atoms. The van der Waals surface area contributed by atoms with E-state index < -0.39 is 24.5 Å². The van der Waals surface area contributed by atoms with Gasteiger partial charge < -0.3 is 30.2 Å². The second kappa shape index (κ2) is 10.3. The predicted molar refractivity (Wildman–Crippen MR) is 113 cm³/mol. The number of carbonyl (C=O) groups excluding carboxylic acids is 3. The van der Waals surface area contributed by atoms with Gasteiger partial charge in [-0.05, 0) is 38.1 Å². The number of hydrogen-bond donors (Lipinski definition) is 3. The Bertz CT molecular complexity index is 946. The molecule has 164 valence electrons. The molecule has 31 heavy (non-hydrogen) atoms. The Kier molecular flexibility index (Phi) is 7.31. The van der Waals surface area contributed by atoms with Gasteiger partial charge in [-0.15, -0.1) is 0 Å². The minimum absolute atomic E-state index is 0.0603. The first-order valence-electron chi connectivity index (χ1n) is 9.91. The molecule has 0 aliphatic carbocycles. The summed E-state index contributed by atoms with van der Waals surface area (Å²) >= 11 is 0. The lowest BCUT2D eigenvalue weighted by Gasteiger charge is -2.26. The van der Waals surface area contributed by atoms with E-state index in [1.165, 1.54) is 6.07 Å². The number of benzene rings is 2. The standard InChI is InChI=1S/C22H25N3O6/c1-14(2)24-22(28)25-17-8-4-3-7-16(17)21(27)30-13-20(26)23-11-15-12-29-18-9-5-6-10-19(18)31-15/h3-10,14-15H,11-13H2,1-2H3,(H,23,26)(H2,24,25,28). The number of para-hydroxylation sites is 3. The zero-order valence-corrected chi connectivity index (χ0v) is 17.3. The summed E-state index contributed by atoms with van der Waals surface area (Å²) in [5.74, 6) is 0.0824. The summed E-state index contributed by atoms with van der Waals surface area (Å²) in [6.45, 7) is 3.69. The Morgan fingerprint density at radius 1 is 1.06 bits per heavy atom. The maximum Gasteiger partial charge on any atom is 0.340 e. The molecule has 0 saturated heterocycles. The first kappa shape index (κ1) is 21.9. The predicted octanol–water partition coefficient (Wildman–Crippen LogP) is 2.33. The van der Waals surface area contributed by atoms with E-state index in [0.29, 0.717) is 18.1 Å². The van der Waals surface area contributed by atoms with Crippen LogP contribution in [0.1, 0.15) is 24.2 Å². The number of esters is 1. The molecule has 9 nitrogen and oxygen atoms in total. The van der Waals surface area contributed by atoms with E-state index in [1.807, 2.05) is 32.0 Å². The molecule has 0 aromatic heterocycles. The number of nitrogens with one attached hydrogen (secondary N) is 3. The average Bonchev–Trinajstić information content (AvgIpc) is 2.75. The van der Waals surface area contributed by atoms with Gasteiger partial charge in [0, 0.05) is 6.04 Å². The Balaban J connectivity index is 1.46. The molecule has 0 fully saturated rings. The van der Waals surface area contributed by atoms with Crippen LogP contribution >= 0.6 is 0 Å². The summed E-state index contributed by atoms with van der Waals surface area (Å²) in [4.78, 5) is 36.4. The Morgan fingerprint density at radius 3 is 2.55 bits per heavy atom. The number of rotatable bonds is 7. The molecule has 3 N–H and O–H groups in total. The van der Waals surface area contributed by atoms with Crippen LogP contribution < -0.4 is 25.4 Å². The Hall–Kier alpha value is -3.75. The molecule has 3 amide bonds. The molecule has 1 aliphatic rings. The van der Waals surface area contributed by atoms with Crippen molar-refractivity contribution >= 4 is 23.6 Å². The van der Waals surface area contributed by atoms with Crippen LogP contribution in [0.25, 0.3) is 0 Å². The summed E-state index contributed by atoms with van der Waals surface area (Å²) < 4.78 is 16.5. The quantitative estimate of drug-likeness (QED) is 0.584. The monoisotopic (exact) mass is 427 g/mol. The molecule has 2 aromatic rings. The summed E-state index contributed by atoms with van der Waals surface area (Å²) in [6.07, 6.45) is -0.348. The molecule has 3 rings (SSSR count). The zero-order valence-electron chi connectivity index (χ0n) is 17.3. The van der Waals surface area contributed by atoms with Gasteiger partial charge in [-0.2, -0.15) is 0 Å². The first-order valence-corrected chi connectivity index (χ1v) is 9.91. The maximum absolute atomic E-state index is 12.4. The smallest absolute Gasteiger partial charge is 0.340 e. The number of fused-ring (bicyclic) bond motifs is 1. The fraction of sp³-hybridized carbons (Fsp3) is 0.318. The van der Waals surface area contributed by atoms with Gasteiger partial charge in [-0.25, -0.2) is 9.59 Å². The number of anilines is 1. The molecule has 2 aromatic carbocycles. The van der Waals surface area contributed by atoms with Crippen molar-refractivity contribution in [1.82, 2.24) is 10.6 Å². The van der Waals surface area contributed by atoms with E-state index in [0.717, 1.165) is 0 Å². The van der Waals surface area contributed by atoms with Gasteiger partial charge >= 0.3 is 12.0 Å². The molecule has 0 radical (unpaired) electrons. The molecule has 1 unspecified atom stereocenters. The number of urea groups is 1. The molecule has 0 saturated carbocycles. The molecule has 1 atom stereocenters. The lowest BCUT2D eigenvalue weighted by molar-refractivity contribution is -0.124. The van der Waals surface area contributed by atoms with Gasteiger partial charge in [0.1, 0.15) is 12.7 Å². The van der Waals surface area contributed by atoms with Crippen molar-refractivity contribution < 1.29 is 28.6 Å². The van der Waals surface area contributed by atoms with Crippen molar-refractivity contribution in [3.05, 3.63) is 54.1 Å². The first-order chi connectivity index (χ1) is 14.9. The van der Waals surface area contributed by atoms with E-state index in [-0.39, 0.29) is 29.9 Å². The number of hydrogen-bond acceptors (Lipinski definition) is 6. The van der Waals surface area contributed by atoms with Crippen LogP contribution in [0.15, 0.2) is 48.5 Å². The van der Waals surface area contributed by atoms with Crippen LogP contribution in [-0.4, -0.2) is 49.8 Å². The van der Waals surface area contributed by atoms with Crippen LogP contribution in [0.2, 0.25) is 0 Å². The second-order valence-electron chi connectivity index (χ2n) is 7.18. The Labute approximate surface area is 180 Å². The molecule has 1 heterocycles. The lowest BCUT2D eigenvalue weighted by atomic mass is 10.2. The van der Waals surface area contributed by atoms with E-state index in [1.54, 1.807) is 24.3 Å². The summed E-state index contributed by atoms with van der Waals surface area (Å²) in [7, 11) is 0. The van der Waals surface area contributed by atoms with Crippen molar-refractivity contribution in [3.63, 3.8) is 0 Å². The number of ether oxygens (including phenoxy) is 3. The fourth-order valence-corrected chi connectivity index (χ4v) is 2.84. The van der Waals surface area contributed by atoms with Crippen molar-refractivity contribution in [3.8, 4) is 11.5 Å². The van der Waals surface area contributed by atoms with Crippen molar-refractivity contribution in [1.29, 1.82) is 0 Å². The van der Waals surface area contributed by atoms with Gasteiger partial charge in [0.2, 0.25) is 0 Å². The van der Waals surface area contributed by atoms with Gasteiger partial charge in [0.25, 0.3) is 5.91 Å². The van der Waals surface area contributed by atoms with E-state index in [9.17, 15) is 14.4 Å². The van der Waals surface area contributed by atoms with Crippen LogP contribution in [0.5, 0.6) is 11.5 Å². The third-order valence-electron chi connectivity index (χ3n) is 4.24. The largest absolute Gasteiger partial charge is 0.486 e. The highest BCUT2D eigenvalue weighted by Gasteiger charge is 2.21. The summed E-state index contributed by atoms with van der Waals surface area (Å²) in [5.41, 5.74) is 0.437. The summed E-state index contributed by atoms with van der Waals surface area (Å²) in [5, 5.41) is 7.94. The molecular weight excluding hydrogens is 402 g/mol. The van der Waals surface area contributed by atoms with Crippen LogP contribution in [0.4, 0.5) is 10.5 Å². The van der Waals surface area contributed by atoms with E-state index in [2.05, 4.69) is 16.0 Å². The topological polar surface area (TPSA) is 115 Å². The second-order valence-corrected chi connectivity index (χ2v) is 7.18. The SMILES string of the molecule is CC(C)NC(=O)Nc1ccccc1C(=O)OCC(=O)NCC1COc2ccccc2O1. The van der Waals surface area contributed by atoms with Crippen LogP contribution in [0, 0.1) is 0 Å². The average molecular weight is 427 g/mol. The van der Waals surface area contributed by atoms with Crippen LogP contribution in [0.3, 0.4) is 0 Å². The van der Waals surface area contributed by atoms with Crippen molar-refractivity contribution in [2.24, 2.45) is 0 Å². The summed E-state index contributed by atoms with van der Waals surface area (Å²) in [6, 6.07) is 13.2. The third-order valence-corrected chi connectivity index (χ3v) is 4.24. The van der Waals surface area contributed by atoms with Gasteiger partial charge in [-0.1, -0.05) is 24.3 Å². The number of amides is 3. The van der Waals surface area contributed by atoms with Crippen molar-refractivity contribution in [2.75, 3.05) is 25.1 Å². The Morgan fingerprint density at radius 2 is 1.77 bits per heavy atom. The van der Waals surface area contributed by atoms with Gasteiger partial charge in [0.15, 0.2) is 18.1 Å². The van der Waals surface area contributed by atoms with Gasteiger partial charge in [0.05, 0.1) is 17.8 Å². The van der Waals surface area contributed by atoms with Gasteiger partial charge in [-0.3, -0.25) is 4.79 Å². The molecular formula is C22H25N3O6. The maximum atomic E-state index is 12.4. The highest BCUT2D eigenvalue weighted by atomic mass is 16.6. The number of carbonyl (C=O) groups is 3. The fourth-order valence-electron chi connectivity index (χ4n) is 2.84. The minimum atomic E-state index is -0.721. The van der Waals surface area contributed by atoms with Crippen molar-refractivity contribution in [2.45, 2.75) is 26.0 Å². The minimum Gasteiger partial charge on any atom is -0.486 e. The van der Waals surface area contributed by atoms with E-state index >= 15 is 0 Å². The highest BCUT2D eigenvalue weighted by molar-refractivity contribution is 6.01. The molecule has 0 spiro atoms.